The van der Waals surface area contributed by atoms with Gasteiger partial charge in [0.15, 0.2) is 0 Å². The fraction of sp³-hybridized carbons (Fsp3) is 0.300. The zero-order chi connectivity index (χ0) is 11.4. The highest BCUT2D eigenvalue weighted by Crippen LogP contribution is 2.15. The fourth-order valence-corrected chi connectivity index (χ4v) is 1.23. The van der Waals surface area contributed by atoms with Crippen molar-refractivity contribution < 1.29 is 19.1 Å². The molecule has 0 radical (unpaired) electrons. The van der Waals surface area contributed by atoms with Crippen LogP contribution in [0, 0.1) is 12.7 Å². The van der Waals surface area contributed by atoms with E-state index in [-0.39, 0.29) is 17.7 Å². The highest BCUT2D eigenvalue weighted by Gasteiger charge is 2.11. The standard InChI is InChI=1S/C10H12FNO3/c1-6-3-9(11)7(5-12-15-2)4-8(6)10(13)14/h3-4,12H,5H2,1-2H3,(H,13,14). The van der Waals surface area contributed by atoms with E-state index >= 15 is 0 Å². The normalized spacial score (nSPS) is 10.3. The number of hydrogen-bond donors (Lipinski definition) is 2. The Morgan fingerprint density at radius 1 is 1.60 bits per heavy atom. The molecule has 0 saturated carbocycles. The van der Waals surface area contributed by atoms with Crippen LogP contribution in [0.15, 0.2) is 12.1 Å². The maximum absolute atomic E-state index is 13.3. The smallest absolute Gasteiger partial charge is 0.335 e. The lowest BCUT2D eigenvalue weighted by molar-refractivity contribution is 0.0694. The van der Waals surface area contributed by atoms with E-state index in [0.717, 1.165) is 0 Å². The van der Waals surface area contributed by atoms with E-state index in [0.29, 0.717) is 5.56 Å². The van der Waals surface area contributed by atoms with Gasteiger partial charge >= 0.3 is 5.97 Å². The number of carbonyl (C=O) groups is 1. The molecule has 0 atom stereocenters. The van der Waals surface area contributed by atoms with Crippen LogP contribution in [-0.4, -0.2) is 18.2 Å². The molecule has 1 aromatic rings. The third kappa shape index (κ3) is 2.74. The molecule has 0 spiro atoms. The van der Waals surface area contributed by atoms with Gasteiger partial charge in [0.25, 0.3) is 0 Å². The van der Waals surface area contributed by atoms with Crippen LogP contribution in [-0.2, 0) is 11.4 Å². The van der Waals surface area contributed by atoms with E-state index < -0.39 is 11.8 Å². The van der Waals surface area contributed by atoms with Crippen molar-refractivity contribution in [3.8, 4) is 0 Å². The number of hydrogen-bond acceptors (Lipinski definition) is 3. The van der Waals surface area contributed by atoms with Crippen molar-refractivity contribution in [3.63, 3.8) is 0 Å². The molecule has 0 aliphatic heterocycles. The van der Waals surface area contributed by atoms with Crippen LogP contribution in [0.5, 0.6) is 0 Å². The summed E-state index contributed by atoms with van der Waals surface area (Å²) in [5, 5.41) is 8.83. The average molecular weight is 213 g/mol. The van der Waals surface area contributed by atoms with Gasteiger partial charge in [-0.25, -0.2) is 9.18 Å². The number of hydroxylamine groups is 1. The molecule has 0 saturated heterocycles. The van der Waals surface area contributed by atoms with Gasteiger partial charge in [-0.3, -0.25) is 0 Å². The van der Waals surface area contributed by atoms with Crippen LogP contribution in [0.3, 0.4) is 0 Å². The molecule has 1 aromatic carbocycles. The van der Waals surface area contributed by atoms with Crippen molar-refractivity contribution in [1.82, 2.24) is 5.48 Å². The lowest BCUT2D eigenvalue weighted by Gasteiger charge is -2.07. The summed E-state index contributed by atoms with van der Waals surface area (Å²) >= 11 is 0. The van der Waals surface area contributed by atoms with Crippen molar-refractivity contribution in [2.75, 3.05) is 7.11 Å². The molecule has 4 nitrogen and oxygen atoms in total. The van der Waals surface area contributed by atoms with Gasteiger partial charge in [-0.05, 0) is 24.6 Å². The van der Waals surface area contributed by atoms with Gasteiger partial charge in [-0.15, -0.1) is 0 Å². The Morgan fingerprint density at radius 2 is 2.27 bits per heavy atom. The highest BCUT2D eigenvalue weighted by molar-refractivity contribution is 5.89. The summed E-state index contributed by atoms with van der Waals surface area (Å²) in [6, 6.07) is 2.51. The number of carboxylic acids is 1. The second kappa shape index (κ2) is 4.86. The number of carboxylic acid groups (broad SMARTS) is 1. The van der Waals surface area contributed by atoms with Crippen LogP contribution >= 0.6 is 0 Å². The van der Waals surface area contributed by atoms with Crippen molar-refractivity contribution in [2.45, 2.75) is 13.5 Å². The highest BCUT2D eigenvalue weighted by atomic mass is 19.1. The van der Waals surface area contributed by atoms with E-state index in [1.54, 1.807) is 6.92 Å². The molecule has 0 aromatic heterocycles. The number of benzene rings is 1. The molecule has 0 unspecified atom stereocenters. The van der Waals surface area contributed by atoms with Crippen molar-refractivity contribution in [3.05, 3.63) is 34.6 Å². The molecule has 0 aliphatic carbocycles. The summed E-state index contributed by atoms with van der Waals surface area (Å²) in [5.41, 5.74) is 3.23. The Morgan fingerprint density at radius 3 is 2.80 bits per heavy atom. The first kappa shape index (κ1) is 11.6. The first-order valence-electron chi connectivity index (χ1n) is 4.34. The zero-order valence-corrected chi connectivity index (χ0v) is 8.50. The van der Waals surface area contributed by atoms with Gasteiger partial charge in [0.1, 0.15) is 5.82 Å². The third-order valence-electron chi connectivity index (χ3n) is 2.03. The molecule has 2 N–H and O–H groups in total. The SMILES string of the molecule is CONCc1cc(C(=O)O)c(C)cc1F. The molecule has 0 fully saturated rings. The molecule has 0 bridgehead atoms. The summed E-state index contributed by atoms with van der Waals surface area (Å²) in [5.74, 6) is -1.51. The first-order valence-corrected chi connectivity index (χ1v) is 4.34. The van der Waals surface area contributed by atoms with Gasteiger partial charge < -0.3 is 9.94 Å². The molecule has 82 valence electrons. The molecular weight excluding hydrogens is 201 g/mol. The molecule has 15 heavy (non-hydrogen) atoms. The van der Waals surface area contributed by atoms with Crippen LogP contribution in [0.1, 0.15) is 21.5 Å². The van der Waals surface area contributed by atoms with Crippen LogP contribution in [0.25, 0.3) is 0 Å². The molecular formula is C10H12FNO3. The van der Waals surface area contributed by atoms with Crippen LogP contribution < -0.4 is 5.48 Å². The third-order valence-corrected chi connectivity index (χ3v) is 2.03. The minimum Gasteiger partial charge on any atom is -0.478 e. The van der Waals surface area contributed by atoms with Crippen molar-refractivity contribution in [2.24, 2.45) is 0 Å². The van der Waals surface area contributed by atoms with Crippen LogP contribution in [0.2, 0.25) is 0 Å². The molecule has 0 amide bonds. The summed E-state index contributed by atoms with van der Waals surface area (Å²) in [4.78, 5) is 15.4. The second-order valence-electron chi connectivity index (χ2n) is 3.09. The van der Waals surface area contributed by atoms with Crippen molar-refractivity contribution in [1.29, 1.82) is 0 Å². The molecule has 0 heterocycles. The Balaban J connectivity index is 3.06. The Hall–Kier alpha value is -1.46. The van der Waals surface area contributed by atoms with E-state index in [1.165, 1.54) is 19.2 Å². The molecule has 1 rings (SSSR count). The predicted molar refractivity (Wildman–Crippen MR) is 51.9 cm³/mol. The average Bonchev–Trinajstić information content (AvgIpc) is 2.16. The minimum atomic E-state index is -1.06. The van der Waals surface area contributed by atoms with Gasteiger partial charge in [0, 0.05) is 12.1 Å². The quantitative estimate of drug-likeness (QED) is 0.744. The summed E-state index contributed by atoms with van der Waals surface area (Å²) in [6.07, 6.45) is 0. The van der Waals surface area contributed by atoms with Crippen molar-refractivity contribution >= 4 is 5.97 Å². The summed E-state index contributed by atoms with van der Waals surface area (Å²) in [6.45, 7) is 1.68. The van der Waals surface area contributed by atoms with E-state index in [9.17, 15) is 9.18 Å². The van der Waals surface area contributed by atoms with Gasteiger partial charge in [-0.1, -0.05) is 0 Å². The van der Waals surface area contributed by atoms with Gasteiger partial charge in [-0.2, -0.15) is 5.48 Å². The predicted octanol–water partition coefficient (Wildman–Crippen LogP) is 1.48. The summed E-state index contributed by atoms with van der Waals surface area (Å²) in [7, 11) is 1.41. The number of rotatable bonds is 4. The zero-order valence-electron chi connectivity index (χ0n) is 8.50. The Labute approximate surface area is 86.6 Å². The minimum absolute atomic E-state index is 0.101. The number of aromatic carboxylic acids is 1. The first-order chi connectivity index (χ1) is 7.06. The number of halogens is 1. The molecule has 0 aliphatic rings. The van der Waals surface area contributed by atoms with Gasteiger partial charge in [0.2, 0.25) is 0 Å². The maximum Gasteiger partial charge on any atom is 0.335 e. The molecule has 5 heteroatoms. The van der Waals surface area contributed by atoms with E-state index in [1.807, 2.05) is 0 Å². The summed E-state index contributed by atoms with van der Waals surface area (Å²) < 4.78 is 13.3. The van der Waals surface area contributed by atoms with Crippen LogP contribution in [0.4, 0.5) is 4.39 Å². The Bertz CT molecular complexity index is 379. The second-order valence-corrected chi connectivity index (χ2v) is 3.09. The van der Waals surface area contributed by atoms with E-state index in [2.05, 4.69) is 10.3 Å². The largest absolute Gasteiger partial charge is 0.478 e. The fourth-order valence-electron chi connectivity index (χ4n) is 1.23. The topological polar surface area (TPSA) is 58.6 Å². The number of aryl methyl sites for hydroxylation is 1. The van der Waals surface area contributed by atoms with Gasteiger partial charge in [0.05, 0.1) is 12.7 Å². The monoisotopic (exact) mass is 213 g/mol. The Kier molecular flexibility index (Phi) is 3.76. The lowest BCUT2D eigenvalue weighted by atomic mass is 10.0. The lowest BCUT2D eigenvalue weighted by Crippen LogP contribution is -2.13. The van der Waals surface area contributed by atoms with E-state index in [4.69, 9.17) is 5.11 Å². The number of nitrogens with one attached hydrogen (secondary N) is 1. The maximum atomic E-state index is 13.3.